The SMILES string of the molecule is C[C@@H]1CN(CCc2ccc(I)cc2)CCN1C(=O)OC(C)(C)C. The van der Waals surface area contributed by atoms with E-state index in [9.17, 15) is 4.79 Å². The van der Waals surface area contributed by atoms with Crippen molar-refractivity contribution in [3.05, 3.63) is 33.4 Å². The van der Waals surface area contributed by atoms with E-state index < -0.39 is 5.60 Å². The van der Waals surface area contributed by atoms with Gasteiger partial charge in [0.1, 0.15) is 5.60 Å². The first-order chi connectivity index (χ1) is 10.7. The van der Waals surface area contributed by atoms with Crippen molar-refractivity contribution in [2.75, 3.05) is 26.2 Å². The number of hydrogen-bond acceptors (Lipinski definition) is 3. The molecule has 1 aliphatic heterocycles. The summed E-state index contributed by atoms with van der Waals surface area (Å²) in [7, 11) is 0. The fourth-order valence-electron chi connectivity index (χ4n) is 2.77. The molecule has 128 valence electrons. The van der Waals surface area contributed by atoms with Crippen molar-refractivity contribution in [1.29, 1.82) is 0 Å². The van der Waals surface area contributed by atoms with E-state index >= 15 is 0 Å². The van der Waals surface area contributed by atoms with E-state index in [1.807, 2.05) is 25.7 Å². The highest BCUT2D eigenvalue weighted by Crippen LogP contribution is 2.16. The molecule has 23 heavy (non-hydrogen) atoms. The first kappa shape index (κ1) is 18.5. The Hall–Kier alpha value is -0.820. The predicted molar refractivity (Wildman–Crippen MR) is 102 cm³/mol. The van der Waals surface area contributed by atoms with Gasteiger partial charge in [-0.3, -0.25) is 4.90 Å². The van der Waals surface area contributed by atoms with Gasteiger partial charge in [-0.25, -0.2) is 4.79 Å². The molecule has 0 aromatic heterocycles. The zero-order valence-corrected chi connectivity index (χ0v) is 16.7. The number of benzene rings is 1. The van der Waals surface area contributed by atoms with Gasteiger partial charge in [-0.05, 0) is 74.4 Å². The Labute approximate surface area is 153 Å². The molecule has 0 bridgehead atoms. The van der Waals surface area contributed by atoms with E-state index in [0.29, 0.717) is 0 Å². The van der Waals surface area contributed by atoms with Crippen molar-refractivity contribution in [3.63, 3.8) is 0 Å². The zero-order valence-electron chi connectivity index (χ0n) is 14.5. The Morgan fingerprint density at radius 2 is 1.91 bits per heavy atom. The molecule has 1 aromatic rings. The molecular weight excluding hydrogens is 403 g/mol. The van der Waals surface area contributed by atoms with Crippen LogP contribution in [0.5, 0.6) is 0 Å². The first-order valence-corrected chi connectivity index (χ1v) is 9.29. The molecule has 1 aliphatic rings. The van der Waals surface area contributed by atoms with Crippen LogP contribution in [0.4, 0.5) is 4.79 Å². The number of rotatable bonds is 3. The van der Waals surface area contributed by atoms with Crippen LogP contribution in [-0.2, 0) is 11.2 Å². The predicted octanol–water partition coefficient (Wildman–Crippen LogP) is 3.77. The molecule has 4 nitrogen and oxygen atoms in total. The summed E-state index contributed by atoms with van der Waals surface area (Å²) in [6.45, 7) is 11.4. The second-order valence-electron chi connectivity index (χ2n) is 7.20. The second kappa shape index (κ2) is 7.83. The maximum Gasteiger partial charge on any atom is 0.410 e. The largest absolute Gasteiger partial charge is 0.444 e. The highest BCUT2D eigenvalue weighted by molar-refractivity contribution is 14.1. The number of hydrogen-bond donors (Lipinski definition) is 0. The fourth-order valence-corrected chi connectivity index (χ4v) is 3.13. The quantitative estimate of drug-likeness (QED) is 0.685. The molecule has 0 spiro atoms. The summed E-state index contributed by atoms with van der Waals surface area (Å²) in [6, 6.07) is 8.89. The highest BCUT2D eigenvalue weighted by Gasteiger charge is 2.30. The average molecular weight is 430 g/mol. The minimum absolute atomic E-state index is 0.190. The van der Waals surface area contributed by atoms with Gasteiger partial charge in [0.25, 0.3) is 0 Å². The monoisotopic (exact) mass is 430 g/mol. The van der Waals surface area contributed by atoms with Gasteiger partial charge in [0.15, 0.2) is 0 Å². The topological polar surface area (TPSA) is 32.8 Å². The molecule has 1 aromatic carbocycles. The molecule has 2 rings (SSSR count). The van der Waals surface area contributed by atoms with Crippen LogP contribution in [-0.4, -0.2) is 53.7 Å². The van der Waals surface area contributed by atoms with Crippen molar-refractivity contribution >= 4 is 28.7 Å². The van der Waals surface area contributed by atoms with Gasteiger partial charge in [-0.15, -0.1) is 0 Å². The Bertz CT molecular complexity index is 525. The number of carbonyl (C=O) groups excluding carboxylic acids is 1. The van der Waals surface area contributed by atoms with Crippen LogP contribution in [0.3, 0.4) is 0 Å². The van der Waals surface area contributed by atoms with Gasteiger partial charge in [-0.1, -0.05) is 12.1 Å². The molecule has 0 unspecified atom stereocenters. The fraction of sp³-hybridized carbons (Fsp3) is 0.611. The Balaban J connectivity index is 1.81. The summed E-state index contributed by atoms with van der Waals surface area (Å²) < 4.78 is 6.76. The lowest BCUT2D eigenvalue weighted by Gasteiger charge is -2.40. The van der Waals surface area contributed by atoms with E-state index in [1.54, 1.807) is 0 Å². The molecule has 0 aliphatic carbocycles. The minimum atomic E-state index is -0.432. The van der Waals surface area contributed by atoms with E-state index in [4.69, 9.17) is 4.74 Å². The van der Waals surface area contributed by atoms with E-state index in [2.05, 4.69) is 58.7 Å². The van der Waals surface area contributed by atoms with Crippen molar-refractivity contribution in [2.45, 2.75) is 45.8 Å². The van der Waals surface area contributed by atoms with Gasteiger partial charge >= 0.3 is 6.09 Å². The van der Waals surface area contributed by atoms with Crippen molar-refractivity contribution < 1.29 is 9.53 Å². The van der Waals surface area contributed by atoms with E-state index in [1.165, 1.54) is 9.13 Å². The van der Waals surface area contributed by atoms with Crippen LogP contribution in [0.2, 0.25) is 0 Å². The minimum Gasteiger partial charge on any atom is -0.444 e. The second-order valence-corrected chi connectivity index (χ2v) is 8.45. The normalized spacial score (nSPS) is 19.7. The van der Waals surface area contributed by atoms with E-state index in [-0.39, 0.29) is 12.1 Å². The number of amides is 1. The van der Waals surface area contributed by atoms with Crippen molar-refractivity contribution in [1.82, 2.24) is 9.80 Å². The smallest absolute Gasteiger partial charge is 0.410 e. The Morgan fingerprint density at radius 3 is 2.48 bits per heavy atom. The first-order valence-electron chi connectivity index (χ1n) is 8.21. The van der Waals surface area contributed by atoms with Crippen LogP contribution in [0.1, 0.15) is 33.3 Å². The standard InChI is InChI=1S/C18H27IN2O2/c1-14-13-20(10-9-15-5-7-16(19)8-6-15)11-12-21(14)17(22)23-18(2,3)4/h5-8,14H,9-13H2,1-4H3/t14-/m1/s1. The molecule has 0 radical (unpaired) electrons. The lowest BCUT2D eigenvalue weighted by atomic mass is 10.1. The van der Waals surface area contributed by atoms with Crippen molar-refractivity contribution in [2.24, 2.45) is 0 Å². The molecule has 1 saturated heterocycles. The molecule has 1 fully saturated rings. The molecule has 0 N–H and O–H groups in total. The van der Waals surface area contributed by atoms with Gasteiger partial charge in [0.05, 0.1) is 0 Å². The van der Waals surface area contributed by atoms with Gasteiger partial charge in [-0.2, -0.15) is 0 Å². The maximum atomic E-state index is 12.2. The van der Waals surface area contributed by atoms with Gasteiger partial charge in [0, 0.05) is 35.8 Å². The zero-order chi connectivity index (χ0) is 17.0. The Kier molecular flexibility index (Phi) is 6.31. The number of halogens is 1. The molecular formula is C18H27IN2O2. The summed E-state index contributed by atoms with van der Waals surface area (Å²) in [5.74, 6) is 0. The number of nitrogens with zero attached hydrogens (tertiary/aromatic N) is 2. The molecule has 0 saturated carbocycles. The van der Waals surface area contributed by atoms with Crippen LogP contribution in [0, 0.1) is 3.57 Å². The summed E-state index contributed by atoms with van der Waals surface area (Å²) in [4.78, 5) is 16.5. The van der Waals surface area contributed by atoms with Gasteiger partial charge < -0.3 is 9.64 Å². The van der Waals surface area contributed by atoms with Crippen LogP contribution in [0.15, 0.2) is 24.3 Å². The summed E-state index contributed by atoms with van der Waals surface area (Å²) in [6.07, 6.45) is 0.859. The third kappa shape index (κ3) is 5.95. The molecule has 1 heterocycles. The summed E-state index contributed by atoms with van der Waals surface area (Å²) in [5, 5.41) is 0. The third-order valence-corrected chi connectivity index (χ3v) is 4.69. The van der Waals surface area contributed by atoms with Crippen LogP contribution < -0.4 is 0 Å². The molecule has 5 heteroatoms. The van der Waals surface area contributed by atoms with Crippen molar-refractivity contribution in [3.8, 4) is 0 Å². The summed E-state index contributed by atoms with van der Waals surface area (Å²) >= 11 is 2.33. The number of carbonyl (C=O) groups is 1. The molecule has 1 amide bonds. The Morgan fingerprint density at radius 1 is 1.26 bits per heavy atom. The van der Waals surface area contributed by atoms with Crippen LogP contribution in [0.25, 0.3) is 0 Å². The maximum absolute atomic E-state index is 12.2. The molecule has 1 atom stereocenters. The van der Waals surface area contributed by atoms with E-state index in [0.717, 1.165) is 32.6 Å². The summed E-state index contributed by atoms with van der Waals surface area (Å²) in [5.41, 5.74) is 0.936. The third-order valence-electron chi connectivity index (χ3n) is 3.97. The highest BCUT2D eigenvalue weighted by atomic mass is 127. The van der Waals surface area contributed by atoms with Crippen LogP contribution >= 0.6 is 22.6 Å². The number of ether oxygens (including phenoxy) is 1. The lowest BCUT2D eigenvalue weighted by Crippen LogP contribution is -2.55. The number of piperazine rings is 1. The van der Waals surface area contributed by atoms with Gasteiger partial charge in [0.2, 0.25) is 0 Å². The average Bonchev–Trinajstić information content (AvgIpc) is 2.45. The lowest BCUT2D eigenvalue weighted by molar-refractivity contribution is 0.00163.